The van der Waals surface area contributed by atoms with Crippen molar-refractivity contribution in [2.45, 2.75) is 35.2 Å². The van der Waals surface area contributed by atoms with Crippen LogP contribution in [0.15, 0.2) is 94.7 Å². The number of nitrogens with two attached hydrogens (primary N) is 1. The molecule has 1 aliphatic rings. The molecule has 0 aromatic heterocycles. The van der Waals surface area contributed by atoms with Crippen LogP contribution in [0, 0.1) is 5.92 Å². The zero-order valence-electron chi connectivity index (χ0n) is 18.9. The van der Waals surface area contributed by atoms with Gasteiger partial charge in [-0.3, -0.25) is 4.79 Å². The van der Waals surface area contributed by atoms with Crippen molar-refractivity contribution in [3.8, 4) is 0 Å². The van der Waals surface area contributed by atoms with E-state index in [0.29, 0.717) is 18.4 Å². The van der Waals surface area contributed by atoms with Crippen molar-refractivity contribution < 1.29 is 21.6 Å². The Labute approximate surface area is 205 Å². The van der Waals surface area contributed by atoms with Gasteiger partial charge in [-0.1, -0.05) is 60.7 Å². The Bertz CT molecular complexity index is 1380. The number of benzene rings is 3. The lowest BCUT2D eigenvalue weighted by Crippen LogP contribution is -2.46. The van der Waals surface area contributed by atoms with E-state index in [1.54, 1.807) is 42.5 Å². The minimum absolute atomic E-state index is 0.00595. The molecule has 0 aliphatic carbocycles. The Hall–Kier alpha value is -3.05. The molecule has 184 valence electrons. The summed E-state index contributed by atoms with van der Waals surface area (Å²) in [5.41, 5.74) is 1.60. The van der Waals surface area contributed by atoms with E-state index in [9.17, 15) is 21.6 Å². The minimum Gasteiger partial charge on any atom is -0.352 e. The van der Waals surface area contributed by atoms with Crippen molar-refractivity contribution in [3.63, 3.8) is 0 Å². The molecule has 8 nitrogen and oxygen atoms in total. The number of carbonyl (C=O) groups excluding carboxylic acids is 1. The van der Waals surface area contributed by atoms with Crippen LogP contribution >= 0.6 is 0 Å². The van der Waals surface area contributed by atoms with Crippen LogP contribution in [0.1, 0.15) is 30.0 Å². The fourth-order valence-corrected chi connectivity index (χ4v) is 6.51. The second-order valence-corrected chi connectivity index (χ2v) is 11.9. The zero-order valence-corrected chi connectivity index (χ0v) is 20.6. The van der Waals surface area contributed by atoms with E-state index < -0.39 is 26.0 Å². The Morgan fingerprint density at radius 3 is 2.03 bits per heavy atom. The van der Waals surface area contributed by atoms with Crippen molar-refractivity contribution in [3.05, 3.63) is 96.1 Å². The lowest BCUT2D eigenvalue weighted by Gasteiger charge is -2.38. The molecule has 2 atom stereocenters. The number of sulfonamides is 2. The minimum atomic E-state index is -3.83. The van der Waals surface area contributed by atoms with Gasteiger partial charge >= 0.3 is 0 Å². The summed E-state index contributed by atoms with van der Waals surface area (Å²) in [5.74, 6) is -0.766. The van der Waals surface area contributed by atoms with Crippen molar-refractivity contribution in [2.75, 3.05) is 6.54 Å². The fraction of sp³-hybridized carbons (Fsp3) is 0.240. The van der Waals surface area contributed by atoms with Gasteiger partial charge in [0.25, 0.3) is 0 Å². The van der Waals surface area contributed by atoms with E-state index >= 15 is 0 Å². The lowest BCUT2D eigenvalue weighted by atomic mass is 9.90. The molecule has 1 aliphatic heterocycles. The average Bonchev–Trinajstić information content (AvgIpc) is 2.87. The molecule has 1 amide bonds. The molecule has 0 bridgehead atoms. The van der Waals surface area contributed by atoms with Gasteiger partial charge in [-0.25, -0.2) is 22.0 Å². The highest BCUT2D eigenvalue weighted by molar-refractivity contribution is 7.89. The van der Waals surface area contributed by atoms with Gasteiger partial charge in [0.05, 0.1) is 21.8 Å². The Morgan fingerprint density at radius 2 is 1.43 bits per heavy atom. The standard InChI is InChI=1S/C25H27N3O5S2/c26-34(30,31)22-14-11-19(12-15-22)17-27-25(29)21-13-16-24(20-7-3-1-4-8-20)28(18-21)35(32,33)23-9-5-2-6-10-23/h1-12,14-15,21,24H,13,16-18H2,(H,27,29)(H2,26,30,31). The summed E-state index contributed by atoms with van der Waals surface area (Å²) >= 11 is 0. The zero-order chi connectivity index (χ0) is 25.1. The smallest absolute Gasteiger partial charge is 0.243 e. The van der Waals surface area contributed by atoms with Crippen LogP contribution in [0.25, 0.3) is 0 Å². The molecule has 35 heavy (non-hydrogen) atoms. The maximum absolute atomic E-state index is 13.6. The first-order chi connectivity index (χ1) is 16.7. The van der Waals surface area contributed by atoms with E-state index in [4.69, 9.17) is 5.14 Å². The summed E-state index contributed by atoms with van der Waals surface area (Å²) in [5, 5.41) is 7.97. The third-order valence-corrected chi connectivity index (χ3v) is 8.98. The van der Waals surface area contributed by atoms with Gasteiger partial charge in [-0.05, 0) is 48.2 Å². The topological polar surface area (TPSA) is 127 Å². The molecule has 0 spiro atoms. The number of nitrogens with one attached hydrogen (secondary N) is 1. The SMILES string of the molecule is NS(=O)(=O)c1ccc(CNC(=O)C2CCC(c3ccccc3)N(S(=O)(=O)c3ccccc3)C2)cc1. The van der Waals surface area contributed by atoms with E-state index in [0.717, 1.165) is 5.56 Å². The number of piperidine rings is 1. The first-order valence-corrected chi connectivity index (χ1v) is 14.2. The summed E-state index contributed by atoms with van der Waals surface area (Å²) in [6, 6.07) is 23.3. The highest BCUT2D eigenvalue weighted by Crippen LogP contribution is 2.37. The molecular formula is C25H27N3O5S2. The molecule has 0 radical (unpaired) electrons. The van der Waals surface area contributed by atoms with Gasteiger partial charge in [-0.2, -0.15) is 4.31 Å². The summed E-state index contributed by atoms with van der Waals surface area (Å²) in [6.45, 7) is 0.251. The third-order valence-electron chi connectivity index (χ3n) is 6.16. The number of rotatable bonds is 7. The normalized spacial score (nSPS) is 19.2. The Morgan fingerprint density at radius 1 is 0.829 bits per heavy atom. The molecule has 10 heteroatoms. The second kappa shape index (κ2) is 10.3. The van der Waals surface area contributed by atoms with Crippen LogP contribution in [0.4, 0.5) is 0 Å². The third kappa shape index (κ3) is 5.79. The van der Waals surface area contributed by atoms with Crippen molar-refractivity contribution in [2.24, 2.45) is 11.1 Å². The summed E-state index contributed by atoms with van der Waals surface area (Å²) in [6.07, 6.45) is 1.05. The highest BCUT2D eigenvalue weighted by Gasteiger charge is 2.39. The quantitative estimate of drug-likeness (QED) is 0.502. The predicted molar refractivity (Wildman–Crippen MR) is 132 cm³/mol. The number of nitrogens with zero attached hydrogens (tertiary/aromatic N) is 1. The largest absolute Gasteiger partial charge is 0.352 e. The van der Waals surface area contributed by atoms with E-state index in [-0.39, 0.29) is 34.8 Å². The molecule has 4 rings (SSSR count). The van der Waals surface area contributed by atoms with Crippen LogP contribution in [0.3, 0.4) is 0 Å². The number of carbonyl (C=O) groups is 1. The number of primary sulfonamides is 1. The summed E-state index contributed by atoms with van der Waals surface area (Å²) < 4.78 is 51.4. The van der Waals surface area contributed by atoms with Crippen molar-refractivity contribution in [1.29, 1.82) is 0 Å². The van der Waals surface area contributed by atoms with Crippen LogP contribution in [-0.4, -0.2) is 33.6 Å². The number of hydrogen-bond donors (Lipinski definition) is 2. The summed E-state index contributed by atoms with van der Waals surface area (Å²) in [4.78, 5) is 13.2. The number of hydrogen-bond acceptors (Lipinski definition) is 5. The van der Waals surface area contributed by atoms with Gasteiger partial charge in [0.15, 0.2) is 0 Å². The fourth-order valence-electron chi connectivity index (χ4n) is 4.28. The Kier molecular flexibility index (Phi) is 7.36. The van der Waals surface area contributed by atoms with Gasteiger partial charge < -0.3 is 5.32 Å². The maximum Gasteiger partial charge on any atom is 0.243 e. The molecule has 3 aromatic carbocycles. The molecule has 1 heterocycles. The van der Waals surface area contributed by atoms with E-state index in [2.05, 4.69) is 5.32 Å². The van der Waals surface area contributed by atoms with Gasteiger partial charge in [0.1, 0.15) is 0 Å². The van der Waals surface area contributed by atoms with Crippen molar-refractivity contribution >= 4 is 26.0 Å². The second-order valence-electron chi connectivity index (χ2n) is 8.50. The van der Waals surface area contributed by atoms with E-state index in [1.165, 1.54) is 16.4 Å². The van der Waals surface area contributed by atoms with Crippen LogP contribution < -0.4 is 10.5 Å². The first-order valence-electron chi connectivity index (χ1n) is 11.2. The monoisotopic (exact) mass is 513 g/mol. The van der Waals surface area contributed by atoms with Crippen molar-refractivity contribution in [1.82, 2.24) is 9.62 Å². The molecule has 1 fully saturated rings. The average molecular weight is 514 g/mol. The molecule has 0 saturated carbocycles. The lowest BCUT2D eigenvalue weighted by molar-refractivity contribution is -0.126. The first kappa shape index (κ1) is 25.1. The van der Waals surface area contributed by atoms with Crippen LogP contribution in [-0.2, 0) is 31.4 Å². The predicted octanol–water partition coefficient (Wildman–Crippen LogP) is 2.79. The van der Waals surface area contributed by atoms with Crippen LogP contribution in [0.5, 0.6) is 0 Å². The maximum atomic E-state index is 13.6. The Balaban J connectivity index is 1.51. The van der Waals surface area contributed by atoms with Gasteiger partial charge in [-0.15, -0.1) is 0 Å². The summed E-state index contributed by atoms with van der Waals surface area (Å²) in [7, 11) is -7.62. The van der Waals surface area contributed by atoms with E-state index in [1.807, 2.05) is 30.3 Å². The molecule has 2 unspecified atom stereocenters. The highest BCUT2D eigenvalue weighted by atomic mass is 32.2. The van der Waals surface area contributed by atoms with Gasteiger partial charge in [0.2, 0.25) is 26.0 Å². The number of amides is 1. The molecule has 3 aromatic rings. The molecule has 1 saturated heterocycles. The molecule has 3 N–H and O–H groups in total. The van der Waals surface area contributed by atoms with Crippen LogP contribution in [0.2, 0.25) is 0 Å². The van der Waals surface area contributed by atoms with Gasteiger partial charge in [0, 0.05) is 13.1 Å². The molecular weight excluding hydrogens is 486 g/mol.